The molecule has 29 heavy (non-hydrogen) atoms. The van der Waals surface area contributed by atoms with Crippen molar-refractivity contribution in [2.24, 2.45) is 28.6 Å². The molecule has 4 aliphatic rings. The molecule has 0 aromatic carbocycles. The number of methoxy groups -OCH3 is 1. The highest BCUT2D eigenvalue weighted by Crippen LogP contribution is 2.66. The van der Waals surface area contributed by atoms with E-state index in [0.29, 0.717) is 11.8 Å². The highest BCUT2D eigenvalue weighted by atomic mass is 16.5. The van der Waals surface area contributed by atoms with Crippen molar-refractivity contribution in [3.8, 4) is 5.75 Å². The maximum Gasteiger partial charge on any atom is 0.243 e. The molecule has 0 radical (unpaired) electrons. The van der Waals surface area contributed by atoms with Gasteiger partial charge in [0, 0.05) is 18.8 Å². The van der Waals surface area contributed by atoms with E-state index in [9.17, 15) is 4.79 Å². The lowest BCUT2D eigenvalue weighted by molar-refractivity contribution is -0.116. The van der Waals surface area contributed by atoms with Gasteiger partial charge in [0.05, 0.1) is 13.3 Å². The topological polar surface area (TPSA) is 51.2 Å². The number of pyridine rings is 1. The molecule has 1 N–H and O–H groups in total. The predicted molar refractivity (Wildman–Crippen MR) is 114 cm³/mol. The maximum absolute atomic E-state index is 12.1. The van der Waals surface area contributed by atoms with Crippen LogP contribution in [0.15, 0.2) is 36.2 Å². The molecule has 1 aromatic heterocycles. The highest BCUT2D eigenvalue weighted by molar-refractivity contribution is 5.88. The first kappa shape index (κ1) is 18.9. The Labute approximate surface area is 173 Å². The Hall–Kier alpha value is -2.10. The Bertz CT molecular complexity index is 904. The van der Waals surface area contributed by atoms with E-state index in [1.807, 2.05) is 12.3 Å². The van der Waals surface area contributed by atoms with Crippen molar-refractivity contribution >= 4 is 11.5 Å². The number of ether oxygens (including phenoxy) is 1. The Morgan fingerprint density at radius 3 is 2.83 bits per heavy atom. The molecule has 0 unspecified atom stereocenters. The molecular formula is C25H32N2O2. The Morgan fingerprint density at radius 1 is 1.14 bits per heavy atom. The standard InChI is InChI=1S/C25H32N2O2/c1-24-10-11-27-23(28)13-17(24)4-5-19-21-7-6-20(25(21,2)9-8-22(19)24)16-12-18(29-3)15-26-14-16/h6,12-15,19,21-22H,4-5,7-11H2,1-3H3,(H,27,28)/t19-,21-,22-,24-,25+/m0/s1. The lowest BCUT2D eigenvalue weighted by atomic mass is 9.47. The molecule has 0 bridgehead atoms. The molecule has 2 saturated carbocycles. The minimum atomic E-state index is 0.109. The number of nitrogens with zero attached hydrogens (tertiary/aromatic N) is 1. The third-order valence-corrected chi connectivity index (χ3v) is 8.83. The number of amides is 1. The Balaban J connectivity index is 1.46. The molecular weight excluding hydrogens is 360 g/mol. The van der Waals surface area contributed by atoms with Crippen molar-refractivity contribution in [3.05, 3.63) is 41.7 Å². The normalized spacial score (nSPS) is 38.6. The minimum Gasteiger partial charge on any atom is -0.495 e. The van der Waals surface area contributed by atoms with E-state index in [4.69, 9.17) is 4.74 Å². The van der Waals surface area contributed by atoms with Gasteiger partial charge in [-0.3, -0.25) is 9.78 Å². The largest absolute Gasteiger partial charge is 0.495 e. The molecule has 1 aliphatic heterocycles. The Morgan fingerprint density at radius 2 is 2.00 bits per heavy atom. The average molecular weight is 393 g/mol. The van der Waals surface area contributed by atoms with Gasteiger partial charge in [0.15, 0.2) is 0 Å². The van der Waals surface area contributed by atoms with Crippen molar-refractivity contribution in [3.63, 3.8) is 0 Å². The zero-order valence-electron chi connectivity index (χ0n) is 17.8. The maximum atomic E-state index is 12.1. The SMILES string of the molecule is COc1cncc(C2=CC[C@H]3[C@@H]4CCC5=CC(=O)NCC[C@]5(C)[C@H]4CC[C@]23C)c1. The van der Waals surface area contributed by atoms with Gasteiger partial charge >= 0.3 is 0 Å². The lowest BCUT2D eigenvalue weighted by Crippen LogP contribution is -2.49. The van der Waals surface area contributed by atoms with Crippen LogP contribution in [-0.2, 0) is 4.79 Å². The van der Waals surface area contributed by atoms with Crippen LogP contribution in [0, 0.1) is 28.6 Å². The molecule has 3 aliphatic carbocycles. The van der Waals surface area contributed by atoms with E-state index in [-0.39, 0.29) is 16.7 Å². The first-order valence-electron chi connectivity index (χ1n) is 11.1. The van der Waals surface area contributed by atoms with Gasteiger partial charge in [-0.2, -0.15) is 0 Å². The van der Waals surface area contributed by atoms with Gasteiger partial charge in [0.25, 0.3) is 0 Å². The number of hydrogen-bond acceptors (Lipinski definition) is 3. The van der Waals surface area contributed by atoms with Gasteiger partial charge in [-0.05, 0) is 84.3 Å². The van der Waals surface area contributed by atoms with Crippen molar-refractivity contribution < 1.29 is 9.53 Å². The molecule has 2 fully saturated rings. The van der Waals surface area contributed by atoms with Crippen LogP contribution < -0.4 is 10.1 Å². The van der Waals surface area contributed by atoms with E-state index in [2.05, 4.69) is 36.3 Å². The van der Waals surface area contributed by atoms with Crippen LogP contribution >= 0.6 is 0 Å². The summed E-state index contributed by atoms with van der Waals surface area (Å²) in [6.07, 6.45) is 15.2. The molecule has 5 rings (SSSR count). The zero-order chi connectivity index (χ0) is 20.2. The third-order valence-electron chi connectivity index (χ3n) is 8.83. The summed E-state index contributed by atoms with van der Waals surface area (Å²) < 4.78 is 5.43. The summed E-state index contributed by atoms with van der Waals surface area (Å²) in [4.78, 5) is 16.5. The van der Waals surface area contributed by atoms with Gasteiger partial charge in [-0.25, -0.2) is 0 Å². The van der Waals surface area contributed by atoms with Crippen LogP contribution in [0.4, 0.5) is 0 Å². The van der Waals surface area contributed by atoms with Gasteiger partial charge in [-0.15, -0.1) is 0 Å². The van der Waals surface area contributed by atoms with Gasteiger partial charge in [0.1, 0.15) is 5.75 Å². The summed E-state index contributed by atoms with van der Waals surface area (Å²) >= 11 is 0. The van der Waals surface area contributed by atoms with Crippen molar-refractivity contribution in [2.75, 3.05) is 13.7 Å². The monoisotopic (exact) mass is 392 g/mol. The predicted octanol–water partition coefficient (Wildman–Crippen LogP) is 4.77. The first-order valence-corrected chi connectivity index (χ1v) is 11.1. The van der Waals surface area contributed by atoms with E-state index < -0.39 is 0 Å². The molecule has 5 atom stereocenters. The van der Waals surface area contributed by atoms with E-state index >= 15 is 0 Å². The molecule has 154 valence electrons. The van der Waals surface area contributed by atoms with E-state index in [1.54, 1.807) is 13.3 Å². The van der Waals surface area contributed by atoms with Crippen molar-refractivity contribution in [2.45, 2.75) is 52.4 Å². The van der Waals surface area contributed by atoms with Crippen LogP contribution in [0.5, 0.6) is 5.75 Å². The molecule has 0 spiro atoms. The lowest BCUT2D eigenvalue weighted by Gasteiger charge is -2.57. The number of allylic oxidation sites excluding steroid dienone is 3. The summed E-state index contributed by atoms with van der Waals surface area (Å²) in [7, 11) is 1.71. The Kier molecular flexibility index (Phi) is 4.38. The van der Waals surface area contributed by atoms with Gasteiger partial charge in [0.2, 0.25) is 5.91 Å². The summed E-state index contributed by atoms with van der Waals surface area (Å²) in [5.41, 5.74) is 4.48. The van der Waals surface area contributed by atoms with E-state index in [0.717, 1.165) is 37.5 Å². The fraction of sp³-hybridized carbons (Fsp3) is 0.600. The molecule has 4 nitrogen and oxygen atoms in total. The average Bonchev–Trinajstić information content (AvgIpc) is 2.99. The van der Waals surface area contributed by atoms with Crippen molar-refractivity contribution in [1.29, 1.82) is 0 Å². The summed E-state index contributed by atoms with van der Waals surface area (Å²) in [6, 6.07) is 2.14. The fourth-order valence-corrected chi connectivity index (χ4v) is 7.26. The molecule has 1 aromatic rings. The van der Waals surface area contributed by atoms with Gasteiger partial charge in [-0.1, -0.05) is 25.5 Å². The zero-order valence-corrected chi connectivity index (χ0v) is 17.8. The number of nitrogens with one attached hydrogen (secondary N) is 1. The van der Waals surface area contributed by atoms with Gasteiger partial charge < -0.3 is 10.1 Å². The minimum absolute atomic E-state index is 0.109. The number of rotatable bonds is 2. The number of aromatic nitrogens is 1. The quantitative estimate of drug-likeness (QED) is 0.788. The highest BCUT2D eigenvalue weighted by Gasteiger charge is 2.56. The second kappa shape index (κ2) is 6.72. The second-order valence-electron chi connectivity index (χ2n) is 9.97. The second-order valence-corrected chi connectivity index (χ2v) is 9.97. The smallest absolute Gasteiger partial charge is 0.243 e. The number of carbonyl (C=O) groups excluding carboxylic acids is 1. The summed E-state index contributed by atoms with van der Waals surface area (Å²) in [5, 5.41) is 3.07. The van der Waals surface area contributed by atoms with E-state index in [1.165, 1.54) is 36.0 Å². The number of carbonyl (C=O) groups is 1. The van der Waals surface area contributed by atoms with Crippen LogP contribution in [0.1, 0.15) is 57.9 Å². The molecule has 2 heterocycles. The molecule has 4 heteroatoms. The van der Waals surface area contributed by atoms with Crippen LogP contribution in [-0.4, -0.2) is 24.5 Å². The van der Waals surface area contributed by atoms with Crippen LogP contribution in [0.25, 0.3) is 5.57 Å². The summed E-state index contributed by atoms with van der Waals surface area (Å²) in [5.74, 6) is 3.05. The van der Waals surface area contributed by atoms with Crippen LogP contribution in [0.3, 0.4) is 0 Å². The number of fused-ring (bicyclic) bond motifs is 5. The molecule has 1 amide bonds. The summed E-state index contributed by atoms with van der Waals surface area (Å²) in [6.45, 7) is 5.73. The number of hydrogen-bond donors (Lipinski definition) is 1. The van der Waals surface area contributed by atoms with Crippen molar-refractivity contribution in [1.82, 2.24) is 10.3 Å². The first-order chi connectivity index (χ1) is 14.0. The fourth-order valence-electron chi connectivity index (χ4n) is 7.26. The van der Waals surface area contributed by atoms with Crippen LogP contribution in [0.2, 0.25) is 0 Å². The third kappa shape index (κ3) is 2.78. The molecule has 0 saturated heterocycles.